The predicted octanol–water partition coefficient (Wildman–Crippen LogP) is 3.95. The second-order valence-corrected chi connectivity index (χ2v) is 6.64. The van der Waals surface area contributed by atoms with Gasteiger partial charge in [0.05, 0.1) is 5.25 Å². The largest absolute Gasteiger partial charge is 0.484 e. The molecule has 0 aromatic heterocycles. The molecule has 2 nitrogen and oxygen atoms in total. The van der Waals surface area contributed by atoms with E-state index in [-0.39, 0.29) is 6.10 Å². The van der Waals surface area contributed by atoms with Crippen molar-refractivity contribution in [3.05, 3.63) is 65.2 Å². The second-order valence-electron chi connectivity index (χ2n) is 5.41. The van der Waals surface area contributed by atoms with Gasteiger partial charge in [0.15, 0.2) is 0 Å². The highest BCUT2D eigenvalue weighted by Crippen LogP contribution is 2.40. The zero-order valence-electron chi connectivity index (χ0n) is 12.5. The first-order valence-electron chi connectivity index (χ1n) is 7.36. The Morgan fingerprint density at radius 1 is 1.14 bits per heavy atom. The van der Waals surface area contributed by atoms with E-state index < -0.39 is 0 Å². The average molecular weight is 299 g/mol. The van der Waals surface area contributed by atoms with Crippen molar-refractivity contribution in [1.29, 1.82) is 0 Å². The van der Waals surface area contributed by atoms with Crippen LogP contribution in [0.4, 0.5) is 0 Å². The lowest BCUT2D eigenvalue weighted by Crippen LogP contribution is -2.33. The molecule has 0 aliphatic carbocycles. The molecule has 1 aliphatic rings. The average Bonchev–Trinajstić information content (AvgIpc) is 2.52. The van der Waals surface area contributed by atoms with E-state index >= 15 is 0 Å². The van der Waals surface area contributed by atoms with Crippen LogP contribution in [-0.4, -0.2) is 18.8 Å². The molecule has 0 radical (unpaired) electrons. The number of hydrogen-bond donors (Lipinski definition) is 1. The molecule has 0 amide bonds. The van der Waals surface area contributed by atoms with Crippen LogP contribution < -0.4 is 10.1 Å². The van der Waals surface area contributed by atoms with Crippen LogP contribution in [0.1, 0.15) is 22.8 Å². The van der Waals surface area contributed by atoms with Crippen LogP contribution >= 0.6 is 11.8 Å². The highest BCUT2D eigenvalue weighted by atomic mass is 32.2. The number of rotatable bonds is 4. The fourth-order valence-corrected chi connectivity index (χ4v) is 4.08. The highest BCUT2D eigenvalue weighted by Gasteiger charge is 2.31. The number of para-hydroxylation sites is 1. The van der Waals surface area contributed by atoms with E-state index in [4.69, 9.17) is 4.74 Å². The fraction of sp³-hybridized carbons (Fsp3) is 0.333. The quantitative estimate of drug-likeness (QED) is 0.923. The molecule has 1 heterocycles. The Morgan fingerprint density at radius 2 is 1.90 bits per heavy atom. The molecule has 0 saturated heterocycles. The lowest BCUT2D eigenvalue weighted by Gasteiger charge is -2.33. The molecule has 110 valence electrons. The van der Waals surface area contributed by atoms with Crippen molar-refractivity contribution in [1.82, 2.24) is 5.32 Å². The summed E-state index contributed by atoms with van der Waals surface area (Å²) in [7, 11) is 2.01. The van der Waals surface area contributed by atoms with Gasteiger partial charge in [0.1, 0.15) is 11.9 Å². The molecule has 2 aromatic rings. The van der Waals surface area contributed by atoms with Gasteiger partial charge in [-0.1, -0.05) is 42.5 Å². The van der Waals surface area contributed by atoms with Crippen LogP contribution in [-0.2, 0) is 5.75 Å². The molecule has 0 fully saturated rings. The summed E-state index contributed by atoms with van der Waals surface area (Å²) < 4.78 is 6.42. The number of benzene rings is 2. The third kappa shape index (κ3) is 3.09. The van der Waals surface area contributed by atoms with Crippen molar-refractivity contribution in [2.45, 2.75) is 24.0 Å². The van der Waals surface area contributed by atoms with Crippen LogP contribution in [0.25, 0.3) is 0 Å². The minimum absolute atomic E-state index is 0.105. The van der Waals surface area contributed by atoms with Crippen molar-refractivity contribution >= 4 is 11.8 Å². The molecular weight excluding hydrogens is 278 g/mol. The highest BCUT2D eigenvalue weighted by molar-refractivity contribution is 7.99. The van der Waals surface area contributed by atoms with Crippen LogP contribution in [0.2, 0.25) is 0 Å². The molecule has 0 saturated carbocycles. The Bertz CT molecular complexity index is 614. The molecule has 21 heavy (non-hydrogen) atoms. The van der Waals surface area contributed by atoms with Crippen LogP contribution in [0.3, 0.4) is 0 Å². The van der Waals surface area contributed by atoms with Crippen LogP contribution in [0.15, 0.2) is 48.5 Å². The van der Waals surface area contributed by atoms with Gasteiger partial charge in [-0.3, -0.25) is 0 Å². The summed E-state index contributed by atoms with van der Waals surface area (Å²) in [4.78, 5) is 0. The number of hydrogen-bond acceptors (Lipinski definition) is 3. The van der Waals surface area contributed by atoms with E-state index in [2.05, 4.69) is 54.7 Å². The molecule has 1 N–H and O–H groups in total. The van der Waals surface area contributed by atoms with Gasteiger partial charge < -0.3 is 10.1 Å². The molecule has 1 unspecified atom stereocenters. The van der Waals surface area contributed by atoms with Crippen molar-refractivity contribution in [2.75, 3.05) is 13.6 Å². The Balaban J connectivity index is 1.93. The SMILES string of the molecule is CNC[C@@H]1SCc2ccccc2C1Oc1ccccc1C. The van der Waals surface area contributed by atoms with Gasteiger partial charge in [-0.2, -0.15) is 0 Å². The normalized spacial score (nSPS) is 20.9. The Kier molecular flexibility index (Phi) is 4.51. The minimum atomic E-state index is 0.105. The van der Waals surface area contributed by atoms with Crippen molar-refractivity contribution in [2.24, 2.45) is 0 Å². The number of thioether (sulfide) groups is 1. The molecule has 3 heteroatoms. The maximum Gasteiger partial charge on any atom is 0.137 e. The third-order valence-corrected chi connectivity index (χ3v) is 5.22. The maximum absolute atomic E-state index is 6.42. The second kappa shape index (κ2) is 6.54. The number of ether oxygens (including phenoxy) is 1. The summed E-state index contributed by atoms with van der Waals surface area (Å²) in [5.74, 6) is 2.05. The van der Waals surface area contributed by atoms with Crippen LogP contribution in [0.5, 0.6) is 5.75 Å². The van der Waals surface area contributed by atoms with E-state index in [1.54, 1.807) is 0 Å². The van der Waals surface area contributed by atoms with Gasteiger partial charge in [0.2, 0.25) is 0 Å². The van der Waals surface area contributed by atoms with E-state index in [0.717, 1.165) is 18.0 Å². The number of fused-ring (bicyclic) bond motifs is 1. The van der Waals surface area contributed by atoms with Gasteiger partial charge in [-0.05, 0) is 36.7 Å². The van der Waals surface area contributed by atoms with Gasteiger partial charge in [-0.15, -0.1) is 11.8 Å². The van der Waals surface area contributed by atoms with E-state index in [1.165, 1.54) is 16.7 Å². The topological polar surface area (TPSA) is 21.3 Å². The van der Waals surface area contributed by atoms with Crippen molar-refractivity contribution in [3.63, 3.8) is 0 Å². The summed E-state index contributed by atoms with van der Waals surface area (Å²) in [5.41, 5.74) is 3.92. The van der Waals surface area contributed by atoms with E-state index in [1.807, 2.05) is 24.9 Å². The molecule has 0 spiro atoms. The number of nitrogens with one attached hydrogen (secondary N) is 1. The van der Waals surface area contributed by atoms with E-state index in [9.17, 15) is 0 Å². The first-order valence-corrected chi connectivity index (χ1v) is 8.41. The summed E-state index contributed by atoms with van der Waals surface area (Å²) in [6, 6.07) is 16.9. The Labute approximate surface area is 130 Å². The van der Waals surface area contributed by atoms with Crippen molar-refractivity contribution < 1.29 is 4.74 Å². The van der Waals surface area contributed by atoms with E-state index in [0.29, 0.717) is 5.25 Å². The molecule has 0 bridgehead atoms. The Morgan fingerprint density at radius 3 is 2.71 bits per heavy atom. The van der Waals surface area contributed by atoms with Crippen LogP contribution in [0, 0.1) is 6.92 Å². The molecule has 2 aromatic carbocycles. The zero-order valence-corrected chi connectivity index (χ0v) is 13.3. The van der Waals surface area contributed by atoms with Gasteiger partial charge in [0, 0.05) is 12.3 Å². The number of aryl methyl sites for hydroxylation is 1. The minimum Gasteiger partial charge on any atom is -0.484 e. The summed E-state index contributed by atoms with van der Waals surface area (Å²) >= 11 is 1.98. The fourth-order valence-electron chi connectivity index (χ4n) is 2.76. The molecule has 3 rings (SSSR count). The molecule has 2 atom stereocenters. The summed E-state index contributed by atoms with van der Waals surface area (Å²) in [6.45, 7) is 3.06. The lowest BCUT2D eigenvalue weighted by molar-refractivity contribution is 0.197. The van der Waals surface area contributed by atoms with Crippen molar-refractivity contribution in [3.8, 4) is 5.75 Å². The first-order chi connectivity index (χ1) is 10.3. The Hall–Kier alpha value is -1.45. The third-order valence-electron chi connectivity index (χ3n) is 3.91. The summed E-state index contributed by atoms with van der Waals surface area (Å²) in [5, 5.41) is 3.73. The summed E-state index contributed by atoms with van der Waals surface area (Å²) in [6.07, 6.45) is 0.105. The predicted molar refractivity (Wildman–Crippen MR) is 90.0 cm³/mol. The zero-order chi connectivity index (χ0) is 14.7. The molecular formula is C18H21NOS. The molecule has 1 aliphatic heterocycles. The standard InChI is InChI=1S/C18H21NOS/c1-13-7-3-6-10-16(13)20-18-15-9-5-4-8-14(15)12-21-17(18)11-19-2/h3-10,17-19H,11-12H2,1-2H3/t17-,18?/m0/s1. The van der Waals surface area contributed by atoms with Gasteiger partial charge >= 0.3 is 0 Å². The van der Waals surface area contributed by atoms with Gasteiger partial charge in [0.25, 0.3) is 0 Å². The maximum atomic E-state index is 6.42. The smallest absolute Gasteiger partial charge is 0.137 e. The monoisotopic (exact) mass is 299 g/mol. The lowest BCUT2D eigenvalue weighted by atomic mass is 9.99. The first kappa shape index (κ1) is 14.5. The van der Waals surface area contributed by atoms with Gasteiger partial charge in [-0.25, -0.2) is 0 Å².